The van der Waals surface area contributed by atoms with Crippen LogP contribution < -0.4 is 10.2 Å². The number of fused-ring (bicyclic) bond motifs is 1. The third-order valence-corrected chi connectivity index (χ3v) is 5.33. The van der Waals surface area contributed by atoms with Crippen LogP contribution in [0.2, 0.25) is 5.02 Å². The van der Waals surface area contributed by atoms with Crippen molar-refractivity contribution in [1.29, 1.82) is 0 Å². The first kappa shape index (κ1) is 27.2. The smallest absolute Gasteiger partial charge is 0.325 e. The molecule has 0 N–H and O–H groups in total. The summed E-state index contributed by atoms with van der Waals surface area (Å²) in [5.41, 5.74) is -1.89. The van der Waals surface area contributed by atoms with E-state index in [4.69, 9.17) is 25.8 Å². The van der Waals surface area contributed by atoms with Gasteiger partial charge in [-0.1, -0.05) is 11.6 Å². The molecule has 0 unspecified atom stereocenters. The first-order chi connectivity index (χ1) is 16.6. The number of esters is 2. The van der Waals surface area contributed by atoms with E-state index in [2.05, 4.69) is 0 Å². The first-order valence-corrected chi connectivity index (χ1v) is 11.6. The van der Waals surface area contributed by atoms with Crippen LogP contribution >= 0.6 is 11.6 Å². The molecule has 0 radical (unpaired) electrons. The van der Waals surface area contributed by atoms with E-state index in [9.17, 15) is 14.4 Å². The number of pyridine rings is 1. The fourth-order valence-corrected chi connectivity index (χ4v) is 3.86. The lowest BCUT2D eigenvalue weighted by Gasteiger charge is -2.27. The Balaban J connectivity index is 2.29. The van der Waals surface area contributed by atoms with Crippen LogP contribution in [-0.2, 0) is 19.1 Å². The van der Waals surface area contributed by atoms with Crippen molar-refractivity contribution < 1.29 is 28.2 Å². The highest BCUT2D eigenvalue weighted by Crippen LogP contribution is 2.32. The van der Waals surface area contributed by atoms with Gasteiger partial charge in [0, 0.05) is 29.3 Å². The minimum Gasteiger partial charge on any atom is -0.497 e. The van der Waals surface area contributed by atoms with Gasteiger partial charge >= 0.3 is 11.9 Å². The summed E-state index contributed by atoms with van der Waals surface area (Å²) in [5, 5.41) is 0.346. The van der Waals surface area contributed by atoms with E-state index >= 15 is 4.39 Å². The molecule has 0 atom stereocenters. The average molecular weight is 518 g/mol. The number of benzene rings is 2. The molecule has 0 amide bonds. The fraction of sp³-hybridized carbons (Fsp3) is 0.370. The quantitative estimate of drug-likeness (QED) is 0.325. The summed E-state index contributed by atoms with van der Waals surface area (Å²) in [4.78, 5) is 38.9. The Morgan fingerprint density at radius 1 is 0.944 bits per heavy atom. The standard InChI is InChI=1S/C27H29ClFNO6/c1-26(2,3)35-24(32)23(25(33)36-27(4,5)6)16-14-21-17(13-19(16)29)22(31)10-11-30(21)20-9-8-15(34-7)12-18(20)28/h8-14,23H,1-7H3. The molecule has 1 heterocycles. The Labute approximate surface area is 213 Å². The molecule has 0 aliphatic heterocycles. The SMILES string of the molecule is COc1ccc(-n2ccc(=O)c3cc(F)c(C(C(=O)OC(C)(C)C)C(=O)OC(C)(C)C)cc32)c(Cl)c1. The second-order valence-electron chi connectivity index (χ2n) is 10.3. The maximum atomic E-state index is 15.4. The second kappa shape index (κ2) is 9.93. The molecule has 0 fully saturated rings. The molecule has 3 rings (SSSR count). The highest BCUT2D eigenvalue weighted by atomic mass is 35.5. The second-order valence-corrected chi connectivity index (χ2v) is 10.7. The van der Waals surface area contributed by atoms with Gasteiger partial charge in [0.1, 0.15) is 22.8 Å². The minimum atomic E-state index is -1.72. The monoisotopic (exact) mass is 517 g/mol. The third-order valence-electron chi connectivity index (χ3n) is 5.03. The predicted octanol–water partition coefficient (Wildman–Crippen LogP) is 5.56. The molecule has 2 aromatic carbocycles. The van der Waals surface area contributed by atoms with Gasteiger partial charge in [-0.2, -0.15) is 0 Å². The van der Waals surface area contributed by atoms with Gasteiger partial charge in [-0.05, 0) is 65.8 Å². The van der Waals surface area contributed by atoms with Crippen LogP contribution in [-0.4, -0.2) is 34.8 Å². The fourth-order valence-electron chi connectivity index (χ4n) is 3.60. The Bertz CT molecular complexity index is 1360. The van der Waals surface area contributed by atoms with Gasteiger partial charge in [-0.15, -0.1) is 0 Å². The van der Waals surface area contributed by atoms with Crippen molar-refractivity contribution in [1.82, 2.24) is 4.57 Å². The Kier molecular flexibility index (Phi) is 7.50. The highest BCUT2D eigenvalue weighted by molar-refractivity contribution is 6.32. The van der Waals surface area contributed by atoms with E-state index in [0.717, 1.165) is 6.07 Å². The number of hydrogen-bond acceptors (Lipinski definition) is 6. The molecule has 0 aliphatic carbocycles. The van der Waals surface area contributed by atoms with Crippen LogP contribution in [0.25, 0.3) is 16.6 Å². The maximum Gasteiger partial charge on any atom is 0.325 e. The highest BCUT2D eigenvalue weighted by Gasteiger charge is 2.38. The van der Waals surface area contributed by atoms with Crippen LogP contribution in [0.4, 0.5) is 4.39 Å². The molecule has 0 bridgehead atoms. The van der Waals surface area contributed by atoms with E-state index in [1.165, 1.54) is 25.4 Å². The molecule has 0 spiro atoms. The van der Waals surface area contributed by atoms with Crippen LogP contribution in [0.15, 0.2) is 47.4 Å². The molecule has 7 nitrogen and oxygen atoms in total. The zero-order chi connectivity index (χ0) is 27.0. The van der Waals surface area contributed by atoms with E-state index in [0.29, 0.717) is 16.5 Å². The van der Waals surface area contributed by atoms with E-state index < -0.39 is 40.3 Å². The summed E-state index contributed by atoms with van der Waals surface area (Å²) < 4.78 is 33.1. The number of methoxy groups -OCH3 is 1. The number of halogens is 2. The summed E-state index contributed by atoms with van der Waals surface area (Å²) in [6.07, 6.45) is 1.48. The molecule has 0 saturated carbocycles. The van der Waals surface area contributed by atoms with Crippen molar-refractivity contribution in [3.63, 3.8) is 0 Å². The topological polar surface area (TPSA) is 83.8 Å². The number of carbonyl (C=O) groups excluding carboxylic acids is 2. The summed E-state index contributed by atoms with van der Waals surface area (Å²) in [5.74, 6) is -4.05. The number of ether oxygens (including phenoxy) is 3. The van der Waals surface area contributed by atoms with Gasteiger partial charge < -0.3 is 18.8 Å². The predicted molar refractivity (Wildman–Crippen MR) is 135 cm³/mol. The maximum absolute atomic E-state index is 15.4. The first-order valence-electron chi connectivity index (χ1n) is 11.3. The van der Waals surface area contributed by atoms with Gasteiger partial charge in [-0.3, -0.25) is 14.4 Å². The van der Waals surface area contributed by atoms with E-state index in [1.54, 1.807) is 64.3 Å². The summed E-state index contributed by atoms with van der Waals surface area (Å²) in [6.45, 7) is 9.82. The lowest BCUT2D eigenvalue weighted by molar-refractivity contribution is -0.169. The van der Waals surface area contributed by atoms with Crippen molar-refractivity contribution in [2.45, 2.75) is 58.7 Å². The summed E-state index contributed by atoms with van der Waals surface area (Å²) >= 11 is 6.46. The number of aromatic nitrogens is 1. The summed E-state index contributed by atoms with van der Waals surface area (Å²) in [7, 11) is 1.50. The van der Waals surface area contributed by atoms with Gasteiger partial charge in [0.25, 0.3) is 0 Å². The molecular formula is C27H29ClFNO6. The van der Waals surface area contributed by atoms with Gasteiger partial charge in [0.15, 0.2) is 11.3 Å². The lowest BCUT2D eigenvalue weighted by Crippen LogP contribution is -2.36. The molecule has 36 heavy (non-hydrogen) atoms. The molecule has 9 heteroatoms. The average Bonchev–Trinajstić information content (AvgIpc) is 2.73. The normalized spacial score (nSPS) is 12.1. The molecule has 1 aromatic heterocycles. The van der Waals surface area contributed by atoms with E-state index in [1.807, 2.05) is 0 Å². The zero-order valence-electron chi connectivity index (χ0n) is 21.3. The van der Waals surface area contributed by atoms with Gasteiger partial charge in [-0.25, -0.2) is 4.39 Å². The molecule has 0 saturated heterocycles. The zero-order valence-corrected chi connectivity index (χ0v) is 22.0. The van der Waals surface area contributed by atoms with Crippen LogP contribution in [0.3, 0.4) is 0 Å². The van der Waals surface area contributed by atoms with Crippen LogP contribution in [0, 0.1) is 5.82 Å². The number of hydrogen-bond donors (Lipinski definition) is 0. The van der Waals surface area contributed by atoms with Crippen molar-refractivity contribution in [3.8, 4) is 11.4 Å². The number of rotatable bonds is 5. The van der Waals surface area contributed by atoms with Crippen molar-refractivity contribution in [2.75, 3.05) is 7.11 Å². The Morgan fingerprint density at radius 3 is 2.03 bits per heavy atom. The Hall–Kier alpha value is -3.39. The minimum absolute atomic E-state index is 0.0396. The number of carbonyl (C=O) groups is 2. The molecular weight excluding hydrogens is 489 g/mol. The van der Waals surface area contributed by atoms with Crippen LogP contribution in [0.5, 0.6) is 5.75 Å². The van der Waals surface area contributed by atoms with Crippen molar-refractivity contribution in [2.24, 2.45) is 0 Å². The molecule has 192 valence electrons. The van der Waals surface area contributed by atoms with Gasteiger partial charge in [0.2, 0.25) is 0 Å². The lowest BCUT2D eigenvalue weighted by atomic mass is 9.96. The van der Waals surface area contributed by atoms with Crippen molar-refractivity contribution >= 4 is 34.4 Å². The van der Waals surface area contributed by atoms with Gasteiger partial charge in [0.05, 0.1) is 23.3 Å². The Morgan fingerprint density at radius 2 is 1.53 bits per heavy atom. The third kappa shape index (κ3) is 6.05. The van der Waals surface area contributed by atoms with Crippen LogP contribution in [0.1, 0.15) is 53.0 Å². The molecule has 3 aromatic rings. The number of nitrogens with zero attached hydrogens (tertiary/aromatic N) is 1. The van der Waals surface area contributed by atoms with Crippen molar-refractivity contribution in [3.05, 3.63) is 69.2 Å². The summed E-state index contributed by atoms with van der Waals surface area (Å²) in [6, 6.07) is 8.51. The largest absolute Gasteiger partial charge is 0.497 e. The molecule has 0 aliphatic rings. The van der Waals surface area contributed by atoms with E-state index in [-0.39, 0.29) is 16.5 Å².